The number of amides is 1. The van der Waals surface area contributed by atoms with Crippen LogP contribution in [0, 0.1) is 12.3 Å². The predicted octanol–water partition coefficient (Wildman–Crippen LogP) is 3.38. The molecule has 0 aliphatic heterocycles. The smallest absolute Gasteiger partial charge is 0.418 e. The number of carbonyl (C=O) groups is 1. The van der Waals surface area contributed by atoms with Gasteiger partial charge >= 0.3 is 6.18 Å². The lowest BCUT2D eigenvalue weighted by atomic mass is 10.1. The molecule has 140 valence electrons. The molecule has 0 radical (unpaired) electrons. The van der Waals surface area contributed by atoms with Gasteiger partial charge < -0.3 is 14.8 Å². The van der Waals surface area contributed by atoms with Gasteiger partial charge in [-0.2, -0.15) is 13.2 Å². The number of carbonyl (C=O) groups excluding carboxylic acids is 1. The highest BCUT2D eigenvalue weighted by atomic mass is 19.4. The Hall–Kier alpha value is -3.20. The third kappa shape index (κ3) is 3.54. The topological polar surface area (TPSA) is 99.2 Å². The van der Waals surface area contributed by atoms with Gasteiger partial charge in [-0.3, -0.25) is 15.2 Å². The van der Waals surface area contributed by atoms with Crippen LogP contribution in [0.15, 0.2) is 40.9 Å². The monoisotopic (exact) mass is 377 g/mol. The van der Waals surface area contributed by atoms with Gasteiger partial charge in [0.05, 0.1) is 23.6 Å². The van der Waals surface area contributed by atoms with Gasteiger partial charge in [0.1, 0.15) is 5.56 Å². The molecule has 9 heteroatoms. The van der Waals surface area contributed by atoms with Crippen LogP contribution in [0.1, 0.15) is 27.2 Å². The van der Waals surface area contributed by atoms with E-state index in [0.717, 1.165) is 12.1 Å². The highest BCUT2D eigenvalue weighted by molar-refractivity contribution is 6.06. The number of nitrogens with one attached hydrogen (secondary N) is 2. The first-order chi connectivity index (χ1) is 12.7. The predicted molar refractivity (Wildman–Crippen MR) is 89.9 cm³/mol. The first kappa shape index (κ1) is 18.6. The zero-order valence-corrected chi connectivity index (χ0v) is 14.0. The Bertz CT molecular complexity index is 1090. The summed E-state index contributed by atoms with van der Waals surface area (Å²) in [6.07, 6.45) is -3.24. The molecule has 0 saturated heterocycles. The van der Waals surface area contributed by atoms with Gasteiger partial charge in [-0.25, -0.2) is 0 Å². The number of anilines is 1. The molecule has 0 aliphatic rings. The van der Waals surface area contributed by atoms with Crippen LogP contribution in [0.3, 0.4) is 0 Å². The Morgan fingerprint density at radius 1 is 1.33 bits per heavy atom. The summed E-state index contributed by atoms with van der Waals surface area (Å²) in [4.78, 5) is 16.5. The van der Waals surface area contributed by atoms with Crippen molar-refractivity contribution >= 4 is 22.6 Å². The second-order valence-corrected chi connectivity index (χ2v) is 5.76. The van der Waals surface area contributed by atoms with E-state index in [1.165, 1.54) is 24.4 Å². The number of para-hydroxylation sites is 1. The number of hydrogen-bond donors (Lipinski definition) is 3. The second-order valence-electron chi connectivity index (χ2n) is 5.76. The van der Waals surface area contributed by atoms with E-state index in [-0.39, 0.29) is 17.8 Å². The Morgan fingerprint density at radius 2 is 2.04 bits per heavy atom. The van der Waals surface area contributed by atoms with Gasteiger partial charge in [-0.15, -0.1) is 0 Å². The Balaban J connectivity index is 2.08. The van der Waals surface area contributed by atoms with E-state index in [1.54, 1.807) is 6.92 Å². The maximum absolute atomic E-state index is 13.1. The number of hydrogen-bond acceptors (Lipinski definition) is 5. The van der Waals surface area contributed by atoms with Crippen molar-refractivity contribution in [1.82, 2.24) is 4.98 Å². The molecule has 0 spiro atoms. The van der Waals surface area contributed by atoms with Gasteiger partial charge in [0.15, 0.2) is 5.58 Å². The molecule has 0 atom stereocenters. The van der Waals surface area contributed by atoms with Crippen LogP contribution in [-0.4, -0.2) is 16.0 Å². The third-order valence-electron chi connectivity index (χ3n) is 3.97. The fraction of sp³-hybridized carbons (Fsp3) is 0.167. The molecule has 0 bridgehead atoms. The van der Waals surface area contributed by atoms with Crippen molar-refractivity contribution in [2.45, 2.75) is 19.7 Å². The zero-order valence-electron chi connectivity index (χ0n) is 14.0. The number of rotatable bonds is 3. The average Bonchev–Trinajstić information content (AvgIpc) is 2.61. The van der Waals surface area contributed by atoms with Crippen molar-refractivity contribution in [2.24, 2.45) is 0 Å². The van der Waals surface area contributed by atoms with Gasteiger partial charge in [0.25, 0.3) is 5.91 Å². The van der Waals surface area contributed by atoms with Crippen LogP contribution < -0.4 is 10.9 Å². The SMILES string of the molecule is Cc1ncc(CO)c2cc(C(=O)Nc3ccccc3C(F)(F)F)c(=N)oc12. The number of aliphatic hydroxyl groups is 1. The lowest BCUT2D eigenvalue weighted by Gasteiger charge is -2.14. The summed E-state index contributed by atoms with van der Waals surface area (Å²) in [5, 5.41) is 19.9. The number of pyridine rings is 1. The second kappa shape index (κ2) is 6.84. The van der Waals surface area contributed by atoms with Crippen molar-refractivity contribution in [3.63, 3.8) is 0 Å². The molecule has 0 unspecified atom stereocenters. The van der Waals surface area contributed by atoms with Crippen LogP contribution in [0.5, 0.6) is 0 Å². The molecule has 3 aromatic rings. The van der Waals surface area contributed by atoms with E-state index < -0.39 is 28.9 Å². The maximum Gasteiger partial charge on any atom is 0.418 e. The number of nitrogens with zero attached hydrogens (tertiary/aromatic N) is 1. The lowest BCUT2D eigenvalue weighted by molar-refractivity contribution is -0.136. The van der Waals surface area contributed by atoms with E-state index >= 15 is 0 Å². The molecule has 0 aliphatic carbocycles. The minimum absolute atomic E-state index is 0.221. The number of alkyl halides is 3. The quantitative estimate of drug-likeness (QED) is 0.652. The molecule has 3 N–H and O–H groups in total. The molecule has 6 nitrogen and oxygen atoms in total. The van der Waals surface area contributed by atoms with Crippen molar-refractivity contribution in [3.8, 4) is 0 Å². The first-order valence-corrected chi connectivity index (χ1v) is 7.77. The normalized spacial score (nSPS) is 11.6. The van der Waals surface area contributed by atoms with Crippen LogP contribution in [-0.2, 0) is 12.8 Å². The zero-order chi connectivity index (χ0) is 19.8. The number of fused-ring (bicyclic) bond motifs is 1. The molecule has 1 amide bonds. The van der Waals surface area contributed by atoms with E-state index in [0.29, 0.717) is 16.6 Å². The highest BCUT2D eigenvalue weighted by Gasteiger charge is 2.33. The Morgan fingerprint density at radius 3 is 2.70 bits per heavy atom. The summed E-state index contributed by atoms with van der Waals surface area (Å²) >= 11 is 0. The number of aryl methyl sites for hydroxylation is 1. The van der Waals surface area contributed by atoms with E-state index in [4.69, 9.17) is 9.83 Å². The number of aliphatic hydroxyl groups excluding tert-OH is 1. The van der Waals surface area contributed by atoms with Gasteiger partial charge in [-0.05, 0) is 25.1 Å². The van der Waals surface area contributed by atoms with E-state index in [1.807, 2.05) is 0 Å². The number of halogens is 3. The minimum Gasteiger partial charge on any atom is -0.436 e. The average molecular weight is 377 g/mol. The fourth-order valence-corrected chi connectivity index (χ4v) is 2.62. The summed E-state index contributed by atoms with van der Waals surface area (Å²) in [5.41, 5.74) is -1.18. The van der Waals surface area contributed by atoms with Crippen LogP contribution in [0.4, 0.5) is 18.9 Å². The molecule has 2 heterocycles. The van der Waals surface area contributed by atoms with Gasteiger partial charge in [-0.1, -0.05) is 12.1 Å². The summed E-state index contributed by atoms with van der Waals surface area (Å²) in [7, 11) is 0. The molecule has 2 aromatic heterocycles. The summed E-state index contributed by atoms with van der Waals surface area (Å²) in [6, 6.07) is 5.84. The van der Waals surface area contributed by atoms with Crippen molar-refractivity contribution in [2.75, 3.05) is 5.32 Å². The van der Waals surface area contributed by atoms with Gasteiger partial charge in [0, 0.05) is 17.1 Å². The number of aromatic nitrogens is 1. The van der Waals surface area contributed by atoms with Crippen LogP contribution in [0.25, 0.3) is 11.0 Å². The van der Waals surface area contributed by atoms with Gasteiger partial charge in [0.2, 0.25) is 5.55 Å². The molecule has 1 aromatic carbocycles. The minimum atomic E-state index is -4.64. The maximum atomic E-state index is 13.1. The molecule has 0 fully saturated rings. The summed E-state index contributed by atoms with van der Waals surface area (Å²) in [6.45, 7) is 1.25. The molecule has 0 saturated carbocycles. The number of benzene rings is 1. The third-order valence-corrected chi connectivity index (χ3v) is 3.97. The van der Waals surface area contributed by atoms with Crippen LogP contribution >= 0.6 is 0 Å². The van der Waals surface area contributed by atoms with Crippen molar-refractivity contribution in [1.29, 1.82) is 5.41 Å². The Labute approximate surface area is 150 Å². The molecular formula is C18H14F3N3O3. The van der Waals surface area contributed by atoms with Crippen molar-refractivity contribution in [3.05, 3.63) is 64.5 Å². The fourth-order valence-electron chi connectivity index (χ4n) is 2.62. The van der Waals surface area contributed by atoms with Crippen molar-refractivity contribution < 1.29 is 27.5 Å². The molecule has 3 rings (SSSR count). The first-order valence-electron chi connectivity index (χ1n) is 7.77. The standard InChI is InChI=1S/C18H14F3N3O3/c1-9-15-11(10(8-25)7-23-9)6-12(16(22)27-15)17(26)24-14-5-3-2-4-13(14)18(19,20)21/h2-7,22,25H,8H2,1H3,(H,24,26). The lowest BCUT2D eigenvalue weighted by Crippen LogP contribution is -2.22. The Kier molecular flexibility index (Phi) is 4.71. The highest BCUT2D eigenvalue weighted by Crippen LogP contribution is 2.34. The van der Waals surface area contributed by atoms with E-state index in [9.17, 15) is 23.1 Å². The largest absolute Gasteiger partial charge is 0.436 e. The summed E-state index contributed by atoms with van der Waals surface area (Å²) in [5.74, 6) is -0.930. The summed E-state index contributed by atoms with van der Waals surface area (Å²) < 4.78 is 44.6. The van der Waals surface area contributed by atoms with E-state index in [2.05, 4.69) is 10.3 Å². The molecular weight excluding hydrogens is 363 g/mol. The molecule has 27 heavy (non-hydrogen) atoms. The van der Waals surface area contributed by atoms with Crippen LogP contribution in [0.2, 0.25) is 0 Å².